The smallest absolute Gasteiger partial charge is 0.411 e. The van der Waals surface area contributed by atoms with Gasteiger partial charge in [0, 0.05) is 16.6 Å². The Morgan fingerprint density at radius 2 is 2.06 bits per heavy atom. The maximum atomic E-state index is 11.8. The van der Waals surface area contributed by atoms with Gasteiger partial charge in [0.2, 0.25) is 0 Å². The lowest BCUT2D eigenvalue weighted by atomic mass is 10.1. The van der Waals surface area contributed by atoms with Gasteiger partial charge < -0.3 is 15.2 Å². The lowest BCUT2D eigenvalue weighted by Gasteiger charge is -2.15. The van der Waals surface area contributed by atoms with Gasteiger partial charge in [0.1, 0.15) is 12.4 Å². The third-order valence-electron chi connectivity index (χ3n) is 2.03. The van der Waals surface area contributed by atoms with Gasteiger partial charge in [-0.3, -0.25) is 0 Å². The third-order valence-corrected chi connectivity index (χ3v) is 2.26. The summed E-state index contributed by atoms with van der Waals surface area (Å²) in [5.74, 6) is 0.358. The molecule has 0 saturated carbocycles. The molecule has 1 rings (SSSR count). The number of ether oxygens (including phenoxy) is 2. The maximum absolute atomic E-state index is 11.8. The molecule has 0 aliphatic heterocycles. The Hall–Kier alpha value is -0.980. The van der Waals surface area contributed by atoms with Crippen molar-refractivity contribution in [1.82, 2.24) is 0 Å². The van der Waals surface area contributed by atoms with Crippen molar-refractivity contribution in [2.75, 3.05) is 13.4 Å². The molecule has 0 heterocycles. The molecule has 1 aromatic rings. The Labute approximate surface area is 108 Å². The van der Waals surface area contributed by atoms with Crippen molar-refractivity contribution in [1.29, 1.82) is 0 Å². The predicted octanol–water partition coefficient (Wildman–Crippen LogP) is 3.27. The van der Waals surface area contributed by atoms with Crippen molar-refractivity contribution in [3.05, 3.63) is 28.8 Å². The largest absolute Gasteiger partial charge is 0.467 e. The summed E-state index contributed by atoms with van der Waals surface area (Å²) in [4.78, 5) is 0. The Morgan fingerprint density at radius 3 is 2.61 bits per heavy atom. The van der Waals surface area contributed by atoms with Crippen molar-refractivity contribution >= 4 is 11.6 Å². The third kappa shape index (κ3) is 5.12. The second-order valence-corrected chi connectivity index (χ2v) is 4.13. The fourth-order valence-electron chi connectivity index (χ4n) is 1.27. The normalized spacial score (nSPS) is 13.4. The minimum atomic E-state index is -4.37. The molecule has 0 unspecified atom stereocenters. The maximum Gasteiger partial charge on any atom is 0.411 e. The summed E-state index contributed by atoms with van der Waals surface area (Å²) < 4.78 is 44.9. The average molecular weight is 284 g/mol. The van der Waals surface area contributed by atoms with E-state index < -0.39 is 19.6 Å². The van der Waals surface area contributed by atoms with Crippen LogP contribution in [0.5, 0.6) is 5.75 Å². The van der Waals surface area contributed by atoms with E-state index in [-0.39, 0.29) is 6.04 Å². The number of halogens is 4. The molecule has 7 heteroatoms. The van der Waals surface area contributed by atoms with Gasteiger partial charge in [0.15, 0.2) is 6.79 Å². The van der Waals surface area contributed by atoms with Crippen LogP contribution in [0.3, 0.4) is 0 Å². The van der Waals surface area contributed by atoms with Crippen molar-refractivity contribution in [3.8, 4) is 5.75 Å². The van der Waals surface area contributed by atoms with Crippen LogP contribution in [0, 0.1) is 0 Å². The molecule has 0 amide bonds. The van der Waals surface area contributed by atoms with Gasteiger partial charge >= 0.3 is 6.18 Å². The first kappa shape index (κ1) is 15.1. The molecule has 0 spiro atoms. The van der Waals surface area contributed by atoms with E-state index in [1.54, 1.807) is 19.1 Å². The van der Waals surface area contributed by atoms with E-state index in [4.69, 9.17) is 22.1 Å². The summed E-state index contributed by atoms with van der Waals surface area (Å²) in [5, 5.41) is 0.478. The lowest BCUT2D eigenvalue weighted by Crippen LogP contribution is -2.19. The fraction of sp³-hybridized carbons (Fsp3) is 0.455. The number of nitrogens with two attached hydrogens (primary N) is 1. The minimum absolute atomic E-state index is 0.346. The monoisotopic (exact) mass is 283 g/mol. The molecule has 0 radical (unpaired) electrons. The van der Waals surface area contributed by atoms with E-state index in [0.717, 1.165) is 0 Å². The molecule has 18 heavy (non-hydrogen) atoms. The Kier molecular flexibility index (Phi) is 5.25. The molecule has 102 valence electrons. The quantitative estimate of drug-likeness (QED) is 0.666. The predicted molar refractivity (Wildman–Crippen MR) is 61.6 cm³/mol. The summed E-state index contributed by atoms with van der Waals surface area (Å²) in [7, 11) is 0. The number of hydrogen-bond acceptors (Lipinski definition) is 3. The van der Waals surface area contributed by atoms with E-state index in [1.165, 1.54) is 6.07 Å². The molecule has 0 aliphatic carbocycles. The zero-order valence-corrected chi connectivity index (χ0v) is 10.4. The molecule has 3 nitrogen and oxygen atoms in total. The summed E-state index contributed by atoms with van der Waals surface area (Å²) >= 11 is 5.79. The van der Waals surface area contributed by atoms with Crippen molar-refractivity contribution in [3.63, 3.8) is 0 Å². The number of hydrogen-bond donors (Lipinski definition) is 1. The van der Waals surface area contributed by atoms with Gasteiger partial charge in [0.05, 0.1) is 0 Å². The van der Waals surface area contributed by atoms with Crippen LogP contribution in [-0.2, 0) is 4.74 Å². The van der Waals surface area contributed by atoms with E-state index >= 15 is 0 Å². The molecule has 1 atom stereocenters. The van der Waals surface area contributed by atoms with Gasteiger partial charge in [-0.1, -0.05) is 11.6 Å². The fourth-order valence-corrected chi connectivity index (χ4v) is 1.45. The second kappa shape index (κ2) is 6.26. The van der Waals surface area contributed by atoms with Crippen molar-refractivity contribution in [2.24, 2.45) is 5.73 Å². The molecule has 1 aromatic carbocycles. The van der Waals surface area contributed by atoms with Crippen LogP contribution in [-0.4, -0.2) is 19.6 Å². The number of rotatable bonds is 5. The molecular weight excluding hydrogens is 271 g/mol. The lowest BCUT2D eigenvalue weighted by molar-refractivity contribution is -0.186. The molecule has 0 saturated heterocycles. The van der Waals surface area contributed by atoms with Gasteiger partial charge in [-0.05, 0) is 25.1 Å². The summed E-state index contributed by atoms with van der Waals surface area (Å²) in [6.07, 6.45) is -4.37. The topological polar surface area (TPSA) is 44.5 Å². The average Bonchev–Trinajstić information content (AvgIpc) is 2.24. The van der Waals surface area contributed by atoms with Gasteiger partial charge in [-0.25, -0.2) is 0 Å². The van der Waals surface area contributed by atoms with E-state index in [1.807, 2.05) is 0 Å². The molecule has 0 bridgehead atoms. The highest BCUT2D eigenvalue weighted by Gasteiger charge is 2.27. The summed E-state index contributed by atoms with van der Waals surface area (Å²) in [5.41, 5.74) is 6.31. The highest BCUT2D eigenvalue weighted by molar-refractivity contribution is 6.30. The zero-order chi connectivity index (χ0) is 13.8. The van der Waals surface area contributed by atoms with Crippen LogP contribution in [0.4, 0.5) is 13.2 Å². The first-order valence-corrected chi connectivity index (χ1v) is 5.49. The SMILES string of the molecule is C[C@H](N)c1cc(Cl)ccc1OCOCC(F)(F)F. The van der Waals surface area contributed by atoms with Crippen molar-refractivity contribution < 1.29 is 22.6 Å². The van der Waals surface area contributed by atoms with Crippen LogP contribution < -0.4 is 10.5 Å². The van der Waals surface area contributed by atoms with Crippen LogP contribution in [0.15, 0.2) is 18.2 Å². The van der Waals surface area contributed by atoms with Crippen LogP contribution >= 0.6 is 11.6 Å². The van der Waals surface area contributed by atoms with E-state index in [0.29, 0.717) is 16.3 Å². The summed E-state index contributed by atoms with van der Waals surface area (Å²) in [6.45, 7) is -0.135. The van der Waals surface area contributed by atoms with Gasteiger partial charge in [-0.2, -0.15) is 13.2 Å². The first-order chi connectivity index (χ1) is 8.29. The number of benzene rings is 1. The Morgan fingerprint density at radius 1 is 1.39 bits per heavy atom. The molecule has 0 fully saturated rings. The van der Waals surface area contributed by atoms with Crippen LogP contribution in [0.2, 0.25) is 5.02 Å². The minimum Gasteiger partial charge on any atom is -0.467 e. The zero-order valence-electron chi connectivity index (χ0n) is 9.63. The van der Waals surface area contributed by atoms with Crippen LogP contribution in [0.1, 0.15) is 18.5 Å². The van der Waals surface area contributed by atoms with Gasteiger partial charge in [-0.15, -0.1) is 0 Å². The van der Waals surface area contributed by atoms with E-state index in [2.05, 4.69) is 4.74 Å². The second-order valence-electron chi connectivity index (χ2n) is 3.70. The standard InChI is InChI=1S/C11H13ClF3NO2/c1-7(16)9-4-8(12)2-3-10(9)18-6-17-5-11(13,14)15/h2-4,7H,5-6,16H2,1H3/t7-/m0/s1. The highest BCUT2D eigenvalue weighted by Crippen LogP contribution is 2.27. The Bertz CT molecular complexity index is 396. The molecule has 2 N–H and O–H groups in total. The van der Waals surface area contributed by atoms with Gasteiger partial charge in [0.25, 0.3) is 0 Å². The molecular formula is C11H13ClF3NO2. The first-order valence-electron chi connectivity index (χ1n) is 5.12. The molecule has 0 aliphatic rings. The number of alkyl halides is 3. The summed E-state index contributed by atoms with van der Waals surface area (Å²) in [6, 6.07) is 4.36. The van der Waals surface area contributed by atoms with Crippen molar-refractivity contribution in [2.45, 2.75) is 19.1 Å². The Balaban J connectivity index is 2.57. The molecule has 0 aromatic heterocycles. The van der Waals surface area contributed by atoms with Crippen LogP contribution in [0.25, 0.3) is 0 Å². The van der Waals surface area contributed by atoms with E-state index in [9.17, 15) is 13.2 Å². The highest BCUT2D eigenvalue weighted by atomic mass is 35.5.